The highest BCUT2D eigenvalue weighted by molar-refractivity contribution is 7.00. The molecule has 7 aromatic carbocycles. The Labute approximate surface area is 308 Å². The minimum Gasteiger partial charge on any atom is -0.311 e. The van der Waals surface area contributed by atoms with Crippen molar-refractivity contribution in [3.8, 4) is 0 Å². The SMILES string of the molecule is Cc1ccc(N(c2ccc(C)cc2)c2cc3c4c(c2)N(c2ccccc2C)c2c(C)cccc2B4c2cccc(C)c2N3c2ccccc2C)cc1. The monoisotopic (exact) mass is 671 g/mol. The molecule has 0 spiro atoms. The van der Waals surface area contributed by atoms with Crippen molar-refractivity contribution >= 4 is 74.3 Å². The Bertz CT molecular complexity index is 2330. The Morgan fingerprint density at radius 1 is 0.385 bits per heavy atom. The third-order valence-corrected chi connectivity index (χ3v) is 11.1. The lowest BCUT2D eigenvalue weighted by Crippen LogP contribution is -2.61. The van der Waals surface area contributed by atoms with Crippen LogP contribution in [0.15, 0.2) is 146 Å². The molecule has 0 bridgehead atoms. The van der Waals surface area contributed by atoms with Crippen LogP contribution in [0.4, 0.5) is 51.2 Å². The summed E-state index contributed by atoms with van der Waals surface area (Å²) in [5.41, 5.74) is 22.3. The number of hydrogen-bond acceptors (Lipinski definition) is 3. The maximum absolute atomic E-state index is 2.55. The molecule has 0 saturated carbocycles. The molecular formula is C48H42BN3. The van der Waals surface area contributed by atoms with Crippen LogP contribution in [0.2, 0.25) is 0 Å². The van der Waals surface area contributed by atoms with Crippen molar-refractivity contribution in [1.29, 1.82) is 0 Å². The van der Waals surface area contributed by atoms with Gasteiger partial charge in [-0.25, -0.2) is 0 Å². The Morgan fingerprint density at radius 3 is 1.21 bits per heavy atom. The second-order valence-electron chi connectivity index (χ2n) is 14.6. The average Bonchev–Trinajstić information content (AvgIpc) is 3.14. The maximum atomic E-state index is 2.55. The smallest absolute Gasteiger partial charge is 0.252 e. The molecule has 0 amide bonds. The van der Waals surface area contributed by atoms with Crippen LogP contribution in [-0.2, 0) is 0 Å². The van der Waals surface area contributed by atoms with E-state index in [9.17, 15) is 0 Å². The molecule has 3 nitrogen and oxygen atoms in total. The highest BCUT2D eigenvalue weighted by atomic mass is 15.2. The van der Waals surface area contributed by atoms with Gasteiger partial charge in [0, 0.05) is 45.5 Å². The predicted octanol–water partition coefficient (Wildman–Crippen LogP) is 11.1. The molecule has 2 aliphatic rings. The number of rotatable bonds is 5. The van der Waals surface area contributed by atoms with Crippen LogP contribution >= 0.6 is 0 Å². The van der Waals surface area contributed by atoms with Crippen LogP contribution in [0.5, 0.6) is 0 Å². The summed E-state index contributed by atoms with van der Waals surface area (Å²) in [7, 11) is 0. The summed E-state index contributed by atoms with van der Waals surface area (Å²) in [5.74, 6) is 0. The number of benzene rings is 7. The van der Waals surface area contributed by atoms with Gasteiger partial charge in [0.25, 0.3) is 6.71 Å². The van der Waals surface area contributed by atoms with E-state index in [1.54, 1.807) is 0 Å². The Balaban J connectivity index is 1.45. The van der Waals surface area contributed by atoms with Crippen molar-refractivity contribution in [1.82, 2.24) is 0 Å². The number of para-hydroxylation sites is 4. The number of fused-ring (bicyclic) bond motifs is 4. The molecule has 0 radical (unpaired) electrons. The summed E-state index contributed by atoms with van der Waals surface area (Å²) in [5, 5.41) is 0. The second kappa shape index (κ2) is 12.3. The fourth-order valence-electron chi connectivity index (χ4n) is 8.53. The van der Waals surface area contributed by atoms with Gasteiger partial charge in [-0.1, -0.05) is 108 Å². The van der Waals surface area contributed by atoms with Crippen LogP contribution in [0.3, 0.4) is 0 Å². The topological polar surface area (TPSA) is 9.72 Å². The standard InChI is InChI=1S/C48H42BN3/c1-31-21-25-37(26-22-31)50(38-27-23-32(2)24-28-38)39-29-44-46-45(30-39)52(43-20-10-8-14-34(43)4)48-36(6)16-12-18-41(48)49(46)40-17-11-15-35(5)47(40)51(44)42-19-9-7-13-33(42)3/h7-30H,1-6H3. The summed E-state index contributed by atoms with van der Waals surface area (Å²) >= 11 is 0. The van der Waals surface area contributed by atoms with E-state index in [1.165, 1.54) is 83.9 Å². The first kappa shape index (κ1) is 31.9. The van der Waals surface area contributed by atoms with Gasteiger partial charge in [0.05, 0.1) is 5.69 Å². The Morgan fingerprint density at radius 2 is 0.788 bits per heavy atom. The van der Waals surface area contributed by atoms with Crippen molar-refractivity contribution in [3.63, 3.8) is 0 Å². The molecular weight excluding hydrogens is 629 g/mol. The quantitative estimate of drug-likeness (QED) is 0.169. The number of nitrogens with zero attached hydrogens (tertiary/aromatic N) is 3. The molecule has 0 unspecified atom stereocenters. The normalized spacial score (nSPS) is 12.7. The molecule has 2 aliphatic heterocycles. The molecule has 0 aliphatic carbocycles. The molecule has 52 heavy (non-hydrogen) atoms. The number of anilines is 9. The molecule has 0 N–H and O–H groups in total. The van der Waals surface area contributed by atoms with Gasteiger partial charge < -0.3 is 14.7 Å². The lowest BCUT2D eigenvalue weighted by molar-refractivity contribution is 1.19. The van der Waals surface area contributed by atoms with Gasteiger partial charge in [0.15, 0.2) is 0 Å². The van der Waals surface area contributed by atoms with E-state index < -0.39 is 0 Å². The highest BCUT2D eigenvalue weighted by Gasteiger charge is 2.45. The predicted molar refractivity (Wildman–Crippen MR) is 224 cm³/mol. The molecule has 2 heterocycles. The van der Waals surface area contributed by atoms with Gasteiger partial charge >= 0.3 is 0 Å². The summed E-state index contributed by atoms with van der Waals surface area (Å²) < 4.78 is 0. The molecule has 0 aromatic heterocycles. The van der Waals surface area contributed by atoms with Gasteiger partial charge in [-0.2, -0.15) is 0 Å². The zero-order chi connectivity index (χ0) is 35.7. The van der Waals surface area contributed by atoms with E-state index in [0.29, 0.717) is 0 Å². The van der Waals surface area contributed by atoms with E-state index in [4.69, 9.17) is 0 Å². The van der Waals surface area contributed by atoms with Crippen LogP contribution < -0.4 is 31.1 Å². The van der Waals surface area contributed by atoms with Crippen LogP contribution in [0, 0.1) is 41.5 Å². The lowest BCUT2D eigenvalue weighted by Gasteiger charge is -2.46. The van der Waals surface area contributed by atoms with E-state index >= 15 is 0 Å². The molecule has 4 heteroatoms. The molecule has 0 saturated heterocycles. The molecule has 0 atom stereocenters. The van der Waals surface area contributed by atoms with E-state index in [2.05, 4.69) is 202 Å². The first-order chi connectivity index (χ1) is 25.3. The third kappa shape index (κ3) is 4.97. The van der Waals surface area contributed by atoms with E-state index in [1.807, 2.05) is 0 Å². The average molecular weight is 672 g/mol. The van der Waals surface area contributed by atoms with Crippen LogP contribution in [0.1, 0.15) is 33.4 Å². The minimum atomic E-state index is 0.0663. The molecule has 9 rings (SSSR count). The summed E-state index contributed by atoms with van der Waals surface area (Å²) in [6.45, 7) is 13.4. The van der Waals surface area contributed by atoms with Crippen LogP contribution in [-0.4, -0.2) is 6.71 Å². The molecule has 7 aromatic rings. The van der Waals surface area contributed by atoms with Crippen molar-refractivity contribution in [2.24, 2.45) is 0 Å². The molecule has 0 fully saturated rings. The Kier molecular flexibility index (Phi) is 7.59. The van der Waals surface area contributed by atoms with Gasteiger partial charge in [-0.3, -0.25) is 0 Å². The Hall–Kier alpha value is -6.00. The largest absolute Gasteiger partial charge is 0.311 e. The van der Waals surface area contributed by atoms with Gasteiger partial charge in [0.2, 0.25) is 0 Å². The van der Waals surface area contributed by atoms with Gasteiger partial charge in [-0.05, 0) is 129 Å². The maximum Gasteiger partial charge on any atom is 0.252 e. The third-order valence-electron chi connectivity index (χ3n) is 11.1. The van der Waals surface area contributed by atoms with Crippen molar-refractivity contribution in [2.75, 3.05) is 14.7 Å². The number of hydrogen-bond donors (Lipinski definition) is 0. The summed E-state index contributed by atoms with van der Waals surface area (Å²) in [6, 6.07) is 54.2. The van der Waals surface area contributed by atoms with E-state index in [0.717, 1.165) is 17.1 Å². The summed E-state index contributed by atoms with van der Waals surface area (Å²) in [4.78, 5) is 7.54. The zero-order valence-corrected chi connectivity index (χ0v) is 30.8. The fourth-order valence-corrected chi connectivity index (χ4v) is 8.53. The van der Waals surface area contributed by atoms with Crippen molar-refractivity contribution < 1.29 is 0 Å². The van der Waals surface area contributed by atoms with E-state index in [-0.39, 0.29) is 6.71 Å². The van der Waals surface area contributed by atoms with Gasteiger partial charge in [-0.15, -0.1) is 0 Å². The second-order valence-corrected chi connectivity index (χ2v) is 14.6. The lowest BCUT2D eigenvalue weighted by atomic mass is 9.33. The summed E-state index contributed by atoms with van der Waals surface area (Å²) in [6.07, 6.45) is 0. The fraction of sp³-hybridized carbons (Fsp3) is 0.125. The van der Waals surface area contributed by atoms with Crippen molar-refractivity contribution in [2.45, 2.75) is 41.5 Å². The minimum absolute atomic E-state index is 0.0663. The first-order valence-corrected chi connectivity index (χ1v) is 18.3. The highest BCUT2D eigenvalue weighted by Crippen LogP contribution is 2.49. The number of aryl methyl sites for hydroxylation is 6. The first-order valence-electron chi connectivity index (χ1n) is 18.3. The molecule has 252 valence electrons. The van der Waals surface area contributed by atoms with Crippen LogP contribution in [0.25, 0.3) is 0 Å². The van der Waals surface area contributed by atoms with Crippen molar-refractivity contribution in [3.05, 3.63) is 179 Å². The zero-order valence-electron chi connectivity index (χ0n) is 30.8. The van der Waals surface area contributed by atoms with Gasteiger partial charge in [0.1, 0.15) is 0 Å².